The van der Waals surface area contributed by atoms with Gasteiger partial charge in [-0.1, -0.05) is 0 Å². The zero-order valence-corrected chi connectivity index (χ0v) is 10.3. The van der Waals surface area contributed by atoms with Crippen LogP contribution in [-0.4, -0.2) is 53.9 Å². The van der Waals surface area contributed by atoms with Gasteiger partial charge in [0.15, 0.2) is 0 Å². The minimum Gasteiger partial charge on any atom is -0.398 e. The second-order valence-electron chi connectivity index (χ2n) is 4.52. The summed E-state index contributed by atoms with van der Waals surface area (Å²) in [6, 6.07) is 1.66. The Kier molecular flexibility index (Phi) is 3.28. The van der Waals surface area contributed by atoms with Crippen LogP contribution in [0.3, 0.4) is 0 Å². The van der Waals surface area contributed by atoms with E-state index in [2.05, 4.69) is 16.9 Å². The summed E-state index contributed by atoms with van der Waals surface area (Å²) < 4.78 is 0. The molecule has 5 heteroatoms. The highest BCUT2D eigenvalue weighted by atomic mass is 16.2. The predicted octanol–water partition coefficient (Wildman–Crippen LogP) is 0.360. The maximum atomic E-state index is 12.2. The van der Waals surface area contributed by atoms with Gasteiger partial charge < -0.3 is 15.5 Å². The third-order valence-electron chi connectivity index (χ3n) is 3.15. The number of carbonyl (C=O) groups excluding carboxylic acids is 1. The number of piperazine rings is 1. The van der Waals surface area contributed by atoms with Gasteiger partial charge >= 0.3 is 0 Å². The molecule has 0 unspecified atom stereocenters. The Balaban J connectivity index is 2.11. The minimum atomic E-state index is -0.0233. The maximum Gasteiger partial charge on any atom is 0.272 e. The molecule has 1 saturated heterocycles. The van der Waals surface area contributed by atoms with Gasteiger partial charge in [0.05, 0.1) is 0 Å². The number of rotatable bonds is 1. The van der Waals surface area contributed by atoms with E-state index in [4.69, 9.17) is 5.73 Å². The standard InChI is InChI=1S/C12H18N4O/c1-9-8-14-11(7-10(9)13)12(17)16-5-3-15(2)4-6-16/h7-8H,3-6H2,1-2H3,(H2,13,14). The largest absolute Gasteiger partial charge is 0.398 e. The Bertz CT molecular complexity index is 425. The number of carbonyl (C=O) groups is 1. The highest BCUT2D eigenvalue weighted by Gasteiger charge is 2.21. The molecule has 5 nitrogen and oxygen atoms in total. The van der Waals surface area contributed by atoms with E-state index in [0.717, 1.165) is 31.7 Å². The second-order valence-corrected chi connectivity index (χ2v) is 4.52. The number of pyridine rings is 1. The first-order valence-corrected chi connectivity index (χ1v) is 5.78. The van der Waals surface area contributed by atoms with Gasteiger partial charge in [0.25, 0.3) is 5.91 Å². The zero-order chi connectivity index (χ0) is 12.4. The average Bonchev–Trinajstić information content (AvgIpc) is 2.33. The number of nitrogens with two attached hydrogens (primary N) is 1. The van der Waals surface area contributed by atoms with Crippen LogP contribution in [0.15, 0.2) is 12.3 Å². The van der Waals surface area contributed by atoms with Crippen LogP contribution >= 0.6 is 0 Å². The van der Waals surface area contributed by atoms with Crippen molar-refractivity contribution >= 4 is 11.6 Å². The van der Waals surface area contributed by atoms with Crippen LogP contribution in [0.4, 0.5) is 5.69 Å². The quantitative estimate of drug-likeness (QED) is 0.762. The summed E-state index contributed by atoms with van der Waals surface area (Å²) >= 11 is 0. The first kappa shape index (κ1) is 11.9. The van der Waals surface area contributed by atoms with Gasteiger partial charge in [-0.25, -0.2) is 0 Å². The fourth-order valence-electron chi connectivity index (χ4n) is 1.83. The fraction of sp³-hybridized carbons (Fsp3) is 0.500. The van der Waals surface area contributed by atoms with Crippen LogP contribution in [0.1, 0.15) is 16.1 Å². The Morgan fingerprint density at radius 1 is 1.35 bits per heavy atom. The van der Waals surface area contributed by atoms with Crippen molar-refractivity contribution < 1.29 is 4.79 Å². The molecule has 0 radical (unpaired) electrons. The van der Waals surface area contributed by atoms with E-state index in [-0.39, 0.29) is 5.91 Å². The van der Waals surface area contributed by atoms with E-state index < -0.39 is 0 Å². The molecule has 0 spiro atoms. The summed E-state index contributed by atoms with van der Waals surface area (Å²) in [5.74, 6) is -0.0233. The van der Waals surface area contributed by atoms with E-state index in [1.807, 2.05) is 11.8 Å². The van der Waals surface area contributed by atoms with Crippen LogP contribution in [0.25, 0.3) is 0 Å². The number of nitrogen functional groups attached to an aromatic ring is 1. The van der Waals surface area contributed by atoms with E-state index in [1.54, 1.807) is 12.3 Å². The topological polar surface area (TPSA) is 62.5 Å². The van der Waals surface area contributed by atoms with E-state index in [1.165, 1.54) is 0 Å². The van der Waals surface area contributed by atoms with Crippen molar-refractivity contribution in [2.75, 3.05) is 39.0 Å². The number of hydrogen-bond donors (Lipinski definition) is 1. The monoisotopic (exact) mass is 234 g/mol. The summed E-state index contributed by atoms with van der Waals surface area (Å²) in [6.45, 7) is 5.21. The maximum absolute atomic E-state index is 12.2. The number of amides is 1. The number of aryl methyl sites for hydroxylation is 1. The molecule has 1 aromatic rings. The van der Waals surface area contributed by atoms with Crippen molar-refractivity contribution in [2.24, 2.45) is 0 Å². The molecule has 0 bridgehead atoms. The van der Waals surface area contributed by atoms with Gasteiger partial charge in [-0.05, 0) is 25.6 Å². The number of likely N-dealkylation sites (N-methyl/N-ethyl adjacent to an activating group) is 1. The molecular formula is C12H18N4O. The number of nitrogens with zero attached hydrogens (tertiary/aromatic N) is 3. The van der Waals surface area contributed by atoms with Crippen LogP contribution in [-0.2, 0) is 0 Å². The summed E-state index contributed by atoms with van der Waals surface area (Å²) in [4.78, 5) is 20.3. The molecule has 1 aromatic heterocycles. The minimum absolute atomic E-state index is 0.0233. The highest BCUT2D eigenvalue weighted by molar-refractivity contribution is 5.93. The first-order valence-electron chi connectivity index (χ1n) is 5.78. The van der Waals surface area contributed by atoms with Gasteiger partial charge in [0.2, 0.25) is 0 Å². The van der Waals surface area contributed by atoms with Crippen LogP contribution in [0.5, 0.6) is 0 Å². The van der Waals surface area contributed by atoms with E-state index in [0.29, 0.717) is 11.4 Å². The normalized spacial score (nSPS) is 17.2. The Labute approximate surface area is 101 Å². The lowest BCUT2D eigenvalue weighted by Crippen LogP contribution is -2.47. The zero-order valence-electron chi connectivity index (χ0n) is 10.3. The average molecular weight is 234 g/mol. The molecule has 92 valence electrons. The van der Waals surface area contributed by atoms with Crippen molar-refractivity contribution in [2.45, 2.75) is 6.92 Å². The van der Waals surface area contributed by atoms with Crippen molar-refractivity contribution in [3.05, 3.63) is 23.5 Å². The van der Waals surface area contributed by atoms with Crippen LogP contribution in [0, 0.1) is 6.92 Å². The van der Waals surface area contributed by atoms with Crippen molar-refractivity contribution in [3.63, 3.8) is 0 Å². The Morgan fingerprint density at radius 3 is 2.59 bits per heavy atom. The lowest BCUT2D eigenvalue weighted by molar-refractivity contribution is 0.0658. The molecule has 2 heterocycles. The predicted molar refractivity (Wildman–Crippen MR) is 66.8 cm³/mol. The molecule has 17 heavy (non-hydrogen) atoms. The van der Waals surface area contributed by atoms with Gasteiger partial charge in [0.1, 0.15) is 5.69 Å². The molecule has 0 atom stereocenters. The van der Waals surface area contributed by atoms with E-state index >= 15 is 0 Å². The lowest BCUT2D eigenvalue weighted by atomic mass is 10.2. The molecule has 1 aliphatic heterocycles. The third kappa shape index (κ3) is 2.55. The third-order valence-corrected chi connectivity index (χ3v) is 3.15. The molecule has 2 rings (SSSR count). The molecule has 0 aliphatic carbocycles. The number of anilines is 1. The van der Waals surface area contributed by atoms with Crippen molar-refractivity contribution in [1.29, 1.82) is 0 Å². The van der Waals surface area contributed by atoms with Crippen LogP contribution < -0.4 is 5.73 Å². The second kappa shape index (κ2) is 4.71. The van der Waals surface area contributed by atoms with Gasteiger partial charge in [0, 0.05) is 38.1 Å². The summed E-state index contributed by atoms with van der Waals surface area (Å²) in [7, 11) is 2.06. The summed E-state index contributed by atoms with van der Waals surface area (Å²) in [6.07, 6.45) is 1.65. The van der Waals surface area contributed by atoms with Crippen molar-refractivity contribution in [3.8, 4) is 0 Å². The van der Waals surface area contributed by atoms with Gasteiger partial charge in [-0.2, -0.15) is 0 Å². The van der Waals surface area contributed by atoms with Crippen molar-refractivity contribution in [1.82, 2.24) is 14.8 Å². The highest BCUT2D eigenvalue weighted by Crippen LogP contribution is 2.12. The first-order chi connectivity index (χ1) is 8.08. The smallest absolute Gasteiger partial charge is 0.272 e. The molecule has 1 amide bonds. The van der Waals surface area contributed by atoms with Crippen LogP contribution in [0.2, 0.25) is 0 Å². The lowest BCUT2D eigenvalue weighted by Gasteiger charge is -2.32. The Morgan fingerprint density at radius 2 is 2.00 bits per heavy atom. The molecule has 2 N–H and O–H groups in total. The SMILES string of the molecule is Cc1cnc(C(=O)N2CCN(C)CC2)cc1N. The van der Waals surface area contributed by atoms with Gasteiger partial charge in [-0.3, -0.25) is 9.78 Å². The molecule has 1 fully saturated rings. The fourth-order valence-corrected chi connectivity index (χ4v) is 1.83. The summed E-state index contributed by atoms with van der Waals surface area (Å²) in [5.41, 5.74) is 7.76. The van der Waals surface area contributed by atoms with Gasteiger partial charge in [-0.15, -0.1) is 0 Å². The van der Waals surface area contributed by atoms with E-state index in [9.17, 15) is 4.79 Å². The molecule has 0 saturated carbocycles. The summed E-state index contributed by atoms with van der Waals surface area (Å²) in [5, 5.41) is 0. The number of aromatic nitrogens is 1. The Hall–Kier alpha value is -1.62. The molecule has 1 aliphatic rings. The molecule has 0 aromatic carbocycles. The molecular weight excluding hydrogens is 216 g/mol. The number of hydrogen-bond acceptors (Lipinski definition) is 4.